The molecule has 1 rings (SSSR count). The van der Waals surface area contributed by atoms with Gasteiger partial charge in [0.25, 0.3) is 0 Å². The molecular formula is C13H17NO4. The minimum Gasteiger partial charge on any atom is -0.508 e. The number of nitrogens with zero attached hydrogens (tertiary/aromatic N) is 1. The molecule has 5 heteroatoms. The van der Waals surface area contributed by atoms with Gasteiger partial charge in [-0.15, -0.1) is 0 Å². The number of benzene rings is 1. The smallest absolute Gasteiger partial charge is 0.334 e. The standard InChI is InChI=1S/C13H17NO4/c1-4-13(12(17)18,14(3)9(2)15)10-5-7-11(16)8-6-10/h5-8,16H,4H2,1-3H3,(H,17,18). The number of aromatic hydroxyl groups is 1. The number of carboxylic acids is 1. The fourth-order valence-electron chi connectivity index (χ4n) is 2.06. The van der Waals surface area contributed by atoms with Crippen molar-refractivity contribution >= 4 is 11.9 Å². The Balaban J connectivity index is 3.40. The zero-order valence-electron chi connectivity index (χ0n) is 10.7. The third kappa shape index (κ3) is 2.16. The van der Waals surface area contributed by atoms with Crippen LogP contribution in [0.25, 0.3) is 0 Å². The summed E-state index contributed by atoms with van der Waals surface area (Å²) in [5.41, 5.74) is -0.937. The van der Waals surface area contributed by atoms with Gasteiger partial charge in [-0.05, 0) is 24.1 Å². The summed E-state index contributed by atoms with van der Waals surface area (Å²) in [6.45, 7) is 3.04. The van der Waals surface area contributed by atoms with E-state index in [-0.39, 0.29) is 18.1 Å². The third-order valence-electron chi connectivity index (χ3n) is 3.26. The van der Waals surface area contributed by atoms with Crippen LogP contribution in [-0.4, -0.2) is 34.0 Å². The molecule has 1 atom stereocenters. The van der Waals surface area contributed by atoms with Crippen LogP contribution < -0.4 is 0 Å². The van der Waals surface area contributed by atoms with Crippen LogP contribution in [0.3, 0.4) is 0 Å². The maximum absolute atomic E-state index is 11.6. The summed E-state index contributed by atoms with van der Waals surface area (Å²) >= 11 is 0. The average Bonchev–Trinajstić information content (AvgIpc) is 2.32. The second-order valence-electron chi connectivity index (χ2n) is 4.14. The van der Waals surface area contributed by atoms with Crippen molar-refractivity contribution in [1.29, 1.82) is 0 Å². The Kier molecular flexibility index (Phi) is 3.96. The van der Waals surface area contributed by atoms with Crippen molar-refractivity contribution in [3.05, 3.63) is 29.8 Å². The molecule has 0 saturated heterocycles. The molecule has 0 aliphatic heterocycles. The summed E-state index contributed by atoms with van der Waals surface area (Å²) in [6.07, 6.45) is 0.239. The largest absolute Gasteiger partial charge is 0.508 e. The molecule has 1 unspecified atom stereocenters. The summed E-state index contributed by atoms with van der Waals surface area (Å²) < 4.78 is 0. The maximum atomic E-state index is 11.6. The molecular weight excluding hydrogens is 234 g/mol. The first kappa shape index (κ1) is 14.0. The Labute approximate surface area is 106 Å². The number of phenols is 1. The molecule has 1 aromatic carbocycles. The van der Waals surface area contributed by atoms with Crippen LogP contribution in [0.2, 0.25) is 0 Å². The highest BCUT2D eigenvalue weighted by atomic mass is 16.4. The lowest BCUT2D eigenvalue weighted by Gasteiger charge is -2.37. The van der Waals surface area contributed by atoms with Crippen molar-refractivity contribution in [2.75, 3.05) is 7.05 Å². The van der Waals surface area contributed by atoms with Crippen LogP contribution in [0.1, 0.15) is 25.8 Å². The number of hydrogen-bond donors (Lipinski definition) is 2. The van der Waals surface area contributed by atoms with Gasteiger partial charge in [-0.3, -0.25) is 4.79 Å². The Morgan fingerprint density at radius 2 is 1.78 bits per heavy atom. The lowest BCUT2D eigenvalue weighted by atomic mass is 9.85. The van der Waals surface area contributed by atoms with Gasteiger partial charge in [0.2, 0.25) is 5.91 Å². The van der Waals surface area contributed by atoms with E-state index in [9.17, 15) is 19.8 Å². The van der Waals surface area contributed by atoms with Crippen molar-refractivity contribution in [3.8, 4) is 5.75 Å². The first-order valence-corrected chi connectivity index (χ1v) is 5.63. The molecule has 0 radical (unpaired) electrons. The highest BCUT2D eigenvalue weighted by Gasteiger charge is 2.44. The highest BCUT2D eigenvalue weighted by Crippen LogP contribution is 2.32. The maximum Gasteiger partial charge on any atom is 0.334 e. The molecule has 98 valence electrons. The number of likely N-dealkylation sites (N-methyl/N-ethyl adjacent to an activating group) is 1. The van der Waals surface area contributed by atoms with Gasteiger partial charge >= 0.3 is 5.97 Å². The molecule has 18 heavy (non-hydrogen) atoms. The highest BCUT2D eigenvalue weighted by molar-refractivity contribution is 5.87. The molecule has 2 N–H and O–H groups in total. The predicted molar refractivity (Wildman–Crippen MR) is 66.2 cm³/mol. The quantitative estimate of drug-likeness (QED) is 0.851. The number of carbonyl (C=O) groups excluding carboxylic acids is 1. The van der Waals surface area contributed by atoms with Gasteiger partial charge < -0.3 is 15.1 Å². The van der Waals surface area contributed by atoms with E-state index < -0.39 is 11.5 Å². The molecule has 5 nitrogen and oxygen atoms in total. The molecule has 0 saturated carbocycles. The monoisotopic (exact) mass is 251 g/mol. The van der Waals surface area contributed by atoms with Crippen molar-refractivity contribution in [2.24, 2.45) is 0 Å². The van der Waals surface area contributed by atoms with Crippen molar-refractivity contribution in [2.45, 2.75) is 25.8 Å². The molecule has 0 heterocycles. The summed E-state index contributed by atoms with van der Waals surface area (Å²) in [5, 5.41) is 18.8. The number of aliphatic carboxylic acids is 1. The van der Waals surface area contributed by atoms with E-state index in [0.717, 1.165) is 0 Å². The summed E-state index contributed by atoms with van der Waals surface area (Å²) in [6, 6.07) is 5.87. The molecule has 0 aliphatic rings. The minimum absolute atomic E-state index is 0.0552. The Bertz CT molecular complexity index is 455. The normalized spacial score (nSPS) is 13.7. The van der Waals surface area contributed by atoms with Crippen LogP contribution in [-0.2, 0) is 15.1 Å². The summed E-state index contributed by atoms with van der Waals surface area (Å²) in [5.74, 6) is -1.36. The number of amides is 1. The van der Waals surface area contributed by atoms with Gasteiger partial charge in [-0.25, -0.2) is 4.79 Å². The van der Waals surface area contributed by atoms with Crippen LogP contribution in [0.5, 0.6) is 5.75 Å². The van der Waals surface area contributed by atoms with Crippen molar-refractivity contribution in [3.63, 3.8) is 0 Å². The van der Waals surface area contributed by atoms with Gasteiger partial charge in [0.05, 0.1) is 0 Å². The fraction of sp³-hybridized carbons (Fsp3) is 0.385. The SMILES string of the molecule is CCC(C(=O)O)(c1ccc(O)cc1)N(C)C(C)=O. The topological polar surface area (TPSA) is 77.8 Å². The van der Waals surface area contributed by atoms with Crippen molar-refractivity contribution < 1.29 is 19.8 Å². The van der Waals surface area contributed by atoms with E-state index in [1.54, 1.807) is 6.92 Å². The molecule has 0 bridgehead atoms. The first-order valence-electron chi connectivity index (χ1n) is 5.63. The van der Waals surface area contributed by atoms with E-state index in [2.05, 4.69) is 0 Å². The number of carboxylic acid groups (broad SMARTS) is 1. The second kappa shape index (κ2) is 5.08. The van der Waals surface area contributed by atoms with Gasteiger partial charge in [-0.1, -0.05) is 19.1 Å². The van der Waals surface area contributed by atoms with Gasteiger partial charge in [0.1, 0.15) is 5.75 Å². The van der Waals surface area contributed by atoms with Crippen LogP contribution in [0, 0.1) is 0 Å². The van der Waals surface area contributed by atoms with E-state index in [0.29, 0.717) is 5.56 Å². The minimum atomic E-state index is -1.40. The lowest BCUT2D eigenvalue weighted by Crippen LogP contribution is -2.51. The summed E-state index contributed by atoms with van der Waals surface area (Å²) in [7, 11) is 1.47. The van der Waals surface area contributed by atoms with Gasteiger partial charge in [0.15, 0.2) is 5.54 Å². The third-order valence-corrected chi connectivity index (χ3v) is 3.26. The number of hydrogen-bond acceptors (Lipinski definition) is 3. The van der Waals surface area contributed by atoms with E-state index >= 15 is 0 Å². The Hall–Kier alpha value is -2.04. The molecule has 1 amide bonds. The van der Waals surface area contributed by atoms with E-state index in [4.69, 9.17) is 0 Å². The van der Waals surface area contributed by atoms with Crippen LogP contribution in [0.15, 0.2) is 24.3 Å². The molecule has 0 fully saturated rings. The number of phenolic OH excluding ortho intramolecular Hbond substituents is 1. The Morgan fingerprint density at radius 3 is 2.11 bits per heavy atom. The summed E-state index contributed by atoms with van der Waals surface area (Å²) in [4.78, 5) is 24.3. The van der Waals surface area contributed by atoms with Crippen LogP contribution >= 0.6 is 0 Å². The predicted octanol–water partition coefficient (Wildman–Crippen LogP) is 1.56. The van der Waals surface area contributed by atoms with Gasteiger partial charge in [0, 0.05) is 14.0 Å². The van der Waals surface area contributed by atoms with E-state index in [1.807, 2.05) is 0 Å². The lowest BCUT2D eigenvalue weighted by molar-refractivity contribution is -0.158. The van der Waals surface area contributed by atoms with Crippen molar-refractivity contribution in [1.82, 2.24) is 4.90 Å². The Morgan fingerprint density at radius 1 is 1.28 bits per heavy atom. The van der Waals surface area contributed by atoms with E-state index in [1.165, 1.54) is 43.1 Å². The average molecular weight is 251 g/mol. The molecule has 0 aliphatic carbocycles. The molecule has 0 aromatic heterocycles. The zero-order chi connectivity index (χ0) is 13.9. The van der Waals surface area contributed by atoms with Crippen LogP contribution in [0.4, 0.5) is 0 Å². The first-order chi connectivity index (χ1) is 8.36. The van der Waals surface area contributed by atoms with Gasteiger partial charge in [-0.2, -0.15) is 0 Å². The molecule has 1 aromatic rings. The zero-order valence-corrected chi connectivity index (χ0v) is 10.7. The molecule has 0 spiro atoms. The fourth-order valence-corrected chi connectivity index (χ4v) is 2.06. The second-order valence-corrected chi connectivity index (χ2v) is 4.14. The number of carbonyl (C=O) groups is 2. The number of rotatable bonds is 4.